The summed E-state index contributed by atoms with van der Waals surface area (Å²) < 4.78 is 0. The number of rotatable bonds is 5. The summed E-state index contributed by atoms with van der Waals surface area (Å²) in [6.07, 6.45) is 3.83. The predicted molar refractivity (Wildman–Crippen MR) is 102 cm³/mol. The monoisotopic (exact) mass is 311 g/mol. The van der Waals surface area contributed by atoms with Gasteiger partial charge >= 0.3 is 0 Å². The van der Waals surface area contributed by atoms with Crippen LogP contribution in [-0.4, -0.2) is 23.0 Å². The van der Waals surface area contributed by atoms with E-state index in [2.05, 4.69) is 88.0 Å². The van der Waals surface area contributed by atoms with Crippen molar-refractivity contribution in [3.8, 4) is 0 Å². The number of hydrogen-bond acceptors (Lipinski definition) is 1. The van der Waals surface area contributed by atoms with Crippen LogP contribution in [0.1, 0.15) is 102 Å². The summed E-state index contributed by atoms with van der Waals surface area (Å²) >= 11 is 0. The van der Waals surface area contributed by atoms with Crippen LogP contribution >= 0.6 is 0 Å². The Bertz CT molecular complexity index is 280. The van der Waals surface area contributed by atoms with Gasteiger partial charge in [0.25, 0.3) is 0 Å². The Morgan fingerprint density at radius 3 is 1.32 bits per heavy atom. The molecular weight excluding hydrogens is 266 g/mol. The Kier molecular flexibility index (Phi) is 7.23. The van der Waals surface area contributed by atoms with Crippen LogP contribution in [0.3, 0.4) is 0 Å². The van der Waals surface area contributed by atoms with Crippen molar-refractivity contribution in [2.24, 2.45) is 16.2 Å². The summed E-state index contributed by atoms with van der Waals surface area (Å²) in [4.78, 5) is 2.78. The molecule has 0 aromatic rings. The molecule has 0 saturated heterocycles. The zero-order chi connectivity index (χ0) is 18.0. The molecule has 0 spiro atoms. The lowest BCUT2D eigenvalue weighted by molar-refractivity contribution is 0.00406. The van der Waals surface area contributed by atoms with Gasteiger partial charge in [0.05, 0.1) is 0 Å². The summed E-state index contributed by atoms with van der Waals surface area (Å²) in [5.74, 6) is 0. The summed E-state index contributed by atoms with van der Waals surface area (Å²) in [5, 5.41) is 0. The average Bonchev–Trinajstić information content (AvgIpc) is 2.15. The molecule has 134 valence electrons. The first-order valence-electron chi connectivity index (χ1n) is 9.20. The molecule has 0 aliphatic rings. The predicted octanol–water partition coefficient (Wildman–Crippen LogP) is 6.76. The second-order valence-electron chi connectivity index (χ2n) is 11.7. The van der Waals surface area contributed by atoms with Crippen LogP contribution in [0.5, 0.6) is 0 Å². The highest BCUT2D eigenvalue weighted by Crippen LogP contribution is 2.36. The maximum absolute atomic E-state index is 2.78. The van der Waals surface area contributed by atoms with E-state index in [0.29, 0.717) is 22.3 Å². The third kappa shape index (κ3) is 9.18. The molecule has 0 aromatic carbocycles. The molecule has 0 aliphatic heterocycles. The minimum atomic E-state index is 0.223. The zero-order valence-electron chi connectivity index (χ0n) is 17.9. The molecule has 1 heteroatoms. The molecule has 0 radical (unpaired) electrons. The van der Waals surface area contributed by atoms with E-state index in [1.54, 1.807) is 0 Å². The van der Waals surface area contributed by atoms with Crippen molar-refractivity contribution < 1.29 is 0 Å². The van der Waals surface area contributed by atoms with E-state index in [-0.39, 0.29) is 5.54 Å². The van der Waals surface area contributed by atoms with E-state index < -0.39 is 0 Å². The van der Waals surface area contributed by atoms with Gasteiger partial charge in [-0.05, 0) is 62.8 Å². The van der Waals surface area contributed by atoms with Gasteiger partial charge in [-0.25, -0.2) is 0 Å². The van der Waals surface area contributed by atoms with Crippen LogP contribution in [0.15, 0.2) is 0 Å². The third-order valence-corrected chi connectivity index (χ3v) is 4.51. The van der Waals surface area contributed by atoms with Gasteiger partial charge in [-0.15, -0.1) is 0 Å². The third-order valence-electron chi connectivity index (χ3n) is 4.51. The van der Waals surface area contributed by atoms with Gasteiger partial charge in [-0.3, -0.25) is 4.90 Å². The minimum absolute atomic E-state index is 0.223. The van der Waals surface area contributed by atoms with Crippen LogP contribution in [-0.2, 0) is 0 Å². The first kappa shape index (κ1) is 22.0. The molecule has 0 N–H and O–H groups in total. The van der Waals surface area contributed by atoms with Gasteiger partial charge < -0.3 is 0 Å². The SMILES string of the molecule is CC(C)(C)CCC(N(CCC(C)(C)C)C(C)(C)C)C(C)(C)C. The van der Waals surface area contributed by atoms with Gasteiger partial charge in [0.15, 0.2) is 0 Å². The molecule has 1 nitrogen and oxygen atoms in total. The Morgan fingerprint density at radius 1 is 0.636 bits per heavy atom. The second kappa shape index (κ2) is 7.24. The van der Waals surface area contributed by atoms with Crippen LogP contribution in [0.4, 0.5) is 0 Å². The Morgan fingerprint density at radius 2 is 1.05 bits per heavy atom. The van der Waals surface area contributed by atoms with Gasteiger partial charge in [0.1, 0.15) is 0 Å². The second-order valence-corrected chi connectivity index (χ2v) is 11.7. The summed E-state index contributed by atoms with van der Waals surface area (Å²) in [7, 11) is 0. The van der Waals surface area contributed by atoms with E-state index in [0.717, 1.165) is 0 Å². The zero-order valence-corrected chi connectivity index (χ0v) is 17.9. The average molecular weight is 312 g/mol. The van der Waals surface area contributed by atoms with Crippen LogP contribution < -0.4 is 0 Å². The maximum Gasteiger partial charge on any atom is 0.0149 e. The van der Waals surface area contributed by atoms with Crippen molar-refractivity contribution in [1.82, 2.24) is 4.90 Å². The molecule has 0 aliphatic carbocycles. The number of nitrogens with zero attached hydrogens (tertiary/aromatic N) is 1. The fraction of sp³-hybridized carbons (Fsp3) is 1.00. The largest absolute Gasteiger partial charge is 0.295 e. The van der Waals surface area contributed by atoms with Crippen molar-refractivity contribution in [2.45, 2.75) is 114 Å². The van der Waals surface area contributed by atoms with Crippen molar-refractivity contribution in [3.05, 3.63) is 0 Å². The van der Waals surface area contributed by atoms with Crippen LogP contribution in [0.2, 0.25) is 0 Å². The van der Waals surface area contributed by atoms with Gasteiger partial charge in [0.2, 0.25) is 0 Å². The summed E-state index contributed by atoms with van der Waals surface area (Å²) in [6, 6.07) is 0.633. The molecule has 0 saturated carbocycles. The smallest absolute Gasteiger partial charge is 0.0149 e. The standard InChI is InChI=1S/C21H45N/c1-18(2,3)14-13-17(20(7,8)9)22(21(10,11)12)16-15-19(4,5)6/h17H,13-16H2,1-12H3. The molecule has 0 amide bonds. The van der Waals surface area contributed by atoms with E-state index in [1.165, 1.54) is 25.8 Å². The maximum atomic E-state index is 2.78. The van der Waals surface area contributed by atoms with Crippen LogP contribution in [0, 0.1) is 16.2 Å². The highest BCUT2D eigenvalue weighted by molar-refractivity contribution is 4.91. The summed E-state index contributed by atoms with van der Waals surface area (Å²) in [6.45, 7) is 29.7. The lowest BCUT2D eigenvalue weighted by atomic mass is 9.77. The quantitative estimate of drug-likeness (QED) is 0.542. The molecule has 1 atom stereocenters. The minimum Gasteiger partial charge on any atom is -0.295 e. The number of hydrogen-bond donors (Lipinski definition) is 0. The Balaban J connectivity index is 5.29. The van der Waals surface area contributed by atoms with Gasteiger partial charge in [-0.2, -0.15) is 0 Å². The fourth-order valence-corrected chi connectivity index (χ4v) is 3.04. The van der Waals surface area contributed by atoms with Crippen molar-refractivity contribution in [1.29, 1.82) is 0 Å². The Hall–Kier alpha value is -0.0400. The fourth-order valence-electron chi connectivity index (χ4n) is 3.04. The highest BCUT2D eigenvalue weighted by atomic mass is 15.2. The van der Waals surface area contributed by atoms with Gasteiger partial charge in [0, 0.05) is 11.6 Å². The first-order chi connectivity index (χ1) is 9.43. The van der Waals surface area contributed by atoms with E-state index in [9.17, 15) is 0 Å². The van der Waals surface area contributed by atoms with E-state index >= 15 is 0 Å². The van der Waals surface area contributed by atoms with Gasteiger partial charge in [-0.1, -0.05) is 62.3 Å². The summed E-state index contributed by atoms with van der Waals surface area (Å²) in [5.41, 5.74) is 1.35. The van der Waals surface area contributed by atoms with Crippen molar-refractivity contribution in [2.75, 3.05) is 6.54 Å². The highest BCUT2D eigenvalue weighted by Gasteiger charge is 2.36. The van der Waals surface area contributed by atoms with Crippen molar-refractivity contribution >= 4 is 0 Å². The lowest BCUT2D eigenvalue weighted by Gasteiger charge is -2.49. The molecule has 22 heavy (non-hydrogen) atoms. The van der Waals surface area contributed by atoms with Crippen molar-refractivity contribution in [3.63, 3.8) is 0 Å². The molecule has 1 unspecified atom stereocenters. The van der Waals surface area contributed by atoms with Crippen LogP contribution in [0.25, 0.3) is 0 Å². The van der Waals surface area contributed by atoms with E-state index in [4.69, 9.17) is 0 Å². The van der Waals surface area contributed by atoms with E-state index in [1.807, 2.05) is 0 Å². The first-order valence-corrected chi connectivity index (χ1v) is 9.20. The topological polar surface area (TPSA) is 3.24 Å². The lowest BCUT2D eigenvalue weighted by Crippen LogP contribution is -2.54. The Labute approximate surface area is 142 Å². The molecule has 0 heterocycles. The molecule has 0 aromatic heterocycles. The normalized spacial score (nSPS) is 16.2. The molecular formula is C21H45N. The molecule has 0 fully saturated rings. The molecule has 0 rings (SSSR count). The molecule has 0 bridgehead atoms.